The zero-order valence-corrected chi connectivity index (χ0v) is 16.5. The van der Waals surface area contributed by atoms with E-state index in [-0.39, 0.29) is 22.5 Å². The van der Waals surface area contributed by atoms with E-state index in [1.54, 1.807) is 30.8 Å². The number of thioether (sulfide) groups is 2. The van der Waals surface area contributed by atoms with E-state index in [0.717, 1.165) is 16.2 Å². The Morgan fingerprint density at radius 1 is 1.18 bits per heavy atom. The number of non-ortho nitro benzene ring substituents is 1. The van der Waals surface area contributed by atoms with Crippen LogP contribution in [0, 0.1) is 17.0 Å². The van der Waals surface area contributed by atoms with Crippen LogP contribution in [0.15, 0.2) is 69.4 Å². The van der Waals surface area contributed by atoms with Gasteiger partial charge in [0.05, 0.1) is 11.0 Å². The average molecular weight is 412 g/mol. The van der Waals surface area contributed by atoms with Gasteiger partial charge < -0.3 is 0 Å². The molecule has 0 unspecified atom stereocenters. The first-order valence-electron chi connectivity index (χ1n) is 8.59. The lowest BCUT2D eigenvalue weighted by atomic mass is 10.0. The van der Waals surface area contributed by atoms with Crippen molar-refractivity contribution in [2.24, 2.45) is 0 Å². The van der Waals surface area contributed by atoms with E-state index in [1.165, 1.54) is 23.9 Å². The molecule has 0 bridgehead atoms. The van der Waals surface area contributed by atoms with Crippen LogP contribution in [0.25, 0.3) is 0 Å². The zero-order chi connectivity index (χ0) is 19.7. The van der Waals surface area contributed by atoms with Crippen molar-refractivity contribution in [1.82, 2.24) is 14.8 Å². The fourth-order valence-corrected chi connectivity index (χ4v) is 5.53. The quantitative estimate of drug-likeness (QED) is 0.476. The summed E-state index contributed by atoms with van der Waals surface area (Å²) in [5.74, 6) is 0.748. The van der Waals surface area contributed by atoms with Gasteiger partial charge in [-0.25, -0.2) is 4.68 Å². The number of hydrogen-bond donors (Lipinski definition) is 0. The number of aryl methyl sites for hydroxylation is 1. The van der Waals surface area contributed by atoms with E-state index in [2.05, 4.69) is 10.1 Å². The molecule has 3 aromatic rings. The van der Waals surface area contributed by atoms with Gasteiger partial charge in [-0.2, -0.15) is 10.1 Å². The summed E-state index contributed by atoms with van der Waals surface area (Å²) < 4.78 is 1.84. The normalized spacial score (nSPS) is 18.5. The maximum absolute atomic E-state index is 11.9. The van der Waals surface area contributed by atoms with E-state index in [4.69, 9.17) is 0 Å². The predicted molar refractivity (Wildman–Crippen MR) is 109 cm³/mol. The minimum absolute atomic E-state index is 0.0752. The Balaban J connectivity index is 1.72. The maximum atomic E-state index is 11.9. The topological polar surface area (TPSA) is 90.9 Å². The van der Waals surface area contributed by atoms with Crippen molar-refractivity contribution in [2.45, 2.75) is 28.3 Å². The average Bonchev–Trinajstić information content (AvgIpc) is 2.70. The molecule has 1 aliphatic heterocycles. The Morgan fingerprint density at radius 3 is 2.57 bits per heavy atom. The van der Waals surface area contributed by atoms with Crippen LogP contribution in [0.4, 0.5) is 5.69 Å². The van der Waals surface area contributed by atoms with E-state index < -0.39 is 4.92 Å². The number of nitrogens with zero attached hydrogens (tertiary/aromatic N) is 4. The van der Waals surface area contributed by atoms with Crippen molar-refractivity contribution < 1.29 is 4.92 Å². The smallest absolute Gasteiger partial charge is 0.265 e. The molecule has 1 aromatic heterocycles. The van der Waals surface area contributed by atoms with Crippen LogP contribution < -0.4 is 5.56 Å². The zero-order valence-electron chi connectivity index (χ0n) is 14.9. The van der Waals surface area contributed by atoms with Crippen molar-refractivity contribution in [3.05, 3.63) is 86.3 Å². The lowest BCUT2D eigenvalue weighted by Crippen LogP contribution is -2.35. The van der Waals surface area contributed by atoms with Gasteiger partial charge in [0.1, 0.15) is 5.69 Å². The van der Waals surface area contributed by atoms with Crippen molar-refractivity contribution in [2.75, 3.05) is 5.75 Å². The second kappa shape index (κ2) is 7.76. The number of nitro benzene ring substituents is 1. The largest absolute Gasteiger partial charge is 0.295 e. The highest BCUT2D eigenvalue weighted by Crippen LogP contribution is 2.42. The number of fused-ring (bicyclic) bond motifs is 1. The molecule has 0 amide bonds. The van der Waals surface area contributed by atoms with Gasteiger partial charge in [0.2, 0.25) is 0 Å². The van der Waals surface area contributed by atoms with Gasteiger partial charge in [-0.05, 0) is 24.6 Å². The minimum atomic E-state index is -0.400. The number of nitro groups is 1. The molecule has 0 N–H and O–H groups in total. The fourth-order valence-electron chi connectivity index (χ4n) is 3.08. The third-order valence-corrected chi connectivity index (χ3v) is 6.97. The molecule has 7 nitrogen and oxygen atoms in total. The molecule has 142 valence electrons. The number of hydrogen-bond acceptors (Lipinski definition) is 7. The monoisotopic (exact) mass is 412 g/mol. The second-order valence-electron chi connectivity index (χ2n) is 6.30. The molecular formula is C19H16N4O3S2. The van der Waals surface area contributed by atoms with Crippen LogP contribution in [0.5, 0.6) is 0 Å². The highest BCUT2D eigenvalue weighted by molar-refractivity contribution is 8.03. The molecular weight excluding hydrogens is 396 g/mol. The first-order chi connectivity index (χ1) is 13.5. The Kier molecular flexibility index (Phi) is 5.19. The van der Waals surface area contributed by atoms with Crippen LogP contribution in [-0.4, -0.2) is 30.7 Å². The van der Waals surface area contributed by atoms with Crippen LogP contribution >= 0.6 is 23.5 Å². The summed E-state index contributed by atoms with van der Waals surface area (Å²) in [6.07, 6.45) is 0. The predicted octanol–water partition coefficient (Wildman–Crippen LogP) is 3.71. The molecule has 1 aliphatic rings. The van der Waals surface area contributed by atoms with E-state index in [1.807, 2.05) is 35.0 Å². The summed E-state index contributed by atoms with van der Waals surface area (Å²) in [6, 6.07) is 16.5. The van der Waals surface area contributed by atoms with Crippen LogP contribution in [0.1, 0.15) is 17.3 Å². The van der Waals surface area contributed by atoms with Gasteiger partial charge in [-0.15, -0.1) is 11.8 Å². The van der Waals surface area contributed by atoms with Crippen molar-refractivity contribution in [1.29, 1.82) is 0 Å². The standard InChI is InChI=1S/C19H16N4O3S2/c1-12-18(24)20-19-22(21-12)17(13-5-3-2-4-6-13)16(11-27-19)28-15-9-7-14(8-10-15)23(25)26/h2-10,16-17H,11H2,1H3/t16-,17-/m0/s1. The summed E-state index contributed by atoms with van der Waals surface area (Å²) >= 11 is 3.16. The molecule has 4 rings (SSSR count). The highest BCUT2D eigenvalue weighted by atomic mass is 32.2. The van der Waals surface area contributed by atoms with Crippen LogP contribution in [0.3, 0.4) is 0 Å². The second-order valence-corrected chi connectivity index (χ2v) is 8.60. The lowest BCUT2D eigenvalue weighted by Gasteiger charge is -2.33. The Hall–Kier alpha value is -2.65. The molecule has 28 heavy (non-hydrogen) atoms. The molecule has 0 spiro atoms. The first-order valence-corrected chi connectivity index (χ1v) is 10.5. The molecule has 2 aromatic carbocycles. The summed E-state index contributed by atoms with van der Waals surface area (Å²) in [5, 5.41) is 16.1. The van der Waals surface area contributed by atoms with Crippen LogP contribution in [0.2, 0.25) is 0 Å². The molecule has 0 fully saturated rings. The molecule has 2 atom stereocenters. The van der Waals surface area contributed by atoms with E-state index >= 15 is 0 Å². The summed E-state index contributed by atoms with van der Waals surface area (Å²) in [7, 11) is 0. The van der Waals surface area contributed by atoms with Crippen molar-refractivity contribution in [3.8, 4) is 0 Å². The van der Waals surface area contributed by atoms with E-state index in [9.17, 15) is 14.9 Å². The Morgan fingerprint density at radius 2 is 1.89 bits per heavy atom. The van der Waals surface area contributed by atoms with E-state index in [0.29, 0.717) is 10.9 Å². The SMILES string of the molecule is Cc1nn2c(nc1=O)SC[C@H](Sc1ccc([N+](=O)[O-])cc1)[C@@H]2c1ccccc1. The molecule has 0 radical (unpaired) electrons. The Bertz CT molecular complexity index is 1070. The van der Waals surface area contributed by atoms with Gasteiger partial charge in [-0.1, -0.05) is 42.1 Å². The summed E-state index contributed by atoms with van der Waals surface area (Å²) in [5.41, 5.74) is 1.23. The molecule has 9 heteroatoms. The lowest BCUT2D eigenvalue weighted by molar-refractivity contribution is -0.384. The molecule has 2 heterocycles. The summed E-state index contributed by atoms with van der Waals surface area (Å²) in [4.78, 5) is 27.6. The highest BCUT2D eigenvalue weighted by Gasteiger charge is 2.33. The van der Waals surface area contributed by atoms with Gasteiger partial charge >= 0.3 is 0 Å². The third kappa shape index (κ3) is 3.67. The molecule has 0 aliphatic carbocycles. The molecule has 0 saturated heterocycles. The third-order valence-electron chi connectivity index (χ3n) is 4.43. The number of aromatic nitrogens is 3. The van der Waals surface area contributed by atoms with Crippen molar-refractivity contribution in [3.63, 3.8) is 0 Å². The van der Waals surface area contributed by atoms with Gasteiger partial charge in [0.15, 0.2) is 5.16 Å². The number of benzene rings is 2. The minimum Gasteiger partial charge on any atom is -0.265 e. The van der Waals surface area contributed by atoms with Crippen LogP contribution in [-0.2, 0) is 0 Å². The fraction of sp³-hybridized carbons (Fsp3) is 0.211. The maximum Gasteiger partial charge on any atom is 0.295 e. The summed E-state index contributed by atoms with van der Waals surface area (Å²) in [6.45, 7) is 1.67. The van der Waals surface area contributed by atoms with Gasteiger partial charge in [-0.3, -0.25) is 14.9 Å². The van der Waals surface area contributed by atoms with Gasteiger partial charge in [0.25, 0.3) is 11.2 Å². The number of rotatable bonds is 4. The van der Waals surface area contributed by atoms with Crippen molar-refractivity contribution >= 4 is 29.2 Å². The molecule has 0 saturated carbocycles. The first kappa shape index (κ1) is 18.7. The Labute approximate surface area is 169 Å². The van der Waals surface area contributed by atoms with Gasteiger partial charge in [0, 0.05) is 28.0 Å².